The van der Waals surface area contributed by atoms with Gasteiger partial charge in [0.2, 0.25) is 10.0 Å². The van der Waals surface area contributed by atoms with Crippen molar-refractivity contribution in [3.05, 3.63) is 64.7 Å². The van der Waals surface area contributed by atoms with Crippen LogP contribution in [0.5, 0.6) is 0 Å². The zero-order valence-corrected chi connectivity index (χ0v) is 14.8. The third-order valence-electron chi connectivity index (χ3n) is 3.43. The van der Waals surface area contributed by atoms with E-state index in [0.717, 1.165) is 12.0 Å². The van der Waals surface area contributed by atoms with Crippen LogP contribution in [0.2, 0.25) is 5.02 Å². The van der Waals surface area contributed by atoms with E-state index in [4.69, 9.17) is 11.6 Å². The predicted molar refractivity (Wildman–Crippen MR) is 94.8 cm³/mol. The monoisotopic (exact) mass is 366 g/mol. The Morgan fingerprint density at radius 1 is 1.08 bits per heavy atom. The van der Waals surface area contributed by atoms with Crippen molar-refractivity contribution in [1.29, 1.82) is 0 Å². The lowest BCUT2D eigenvalue weighted by molar-refractivity contribution is 0.0954. The van der Waals surface area contributed by atoms with E-state index >= 15 is 0 Å². The van der Waals surface area contributed by atoms with Gasteiger partial charge < -0.3 is 5.32 Å². The molecule has 0 heterocycles. The molecule has 2 N–H and O–H groups in total. The van der Waals surface area contributed by atoms with Gasteiger partial charge in [-0.15, -0.1) is 0 Å². The number of nitrogens with one attached hydrogen (secondary N) is 2. The van der Waals surface area contributed by atoms with E-state index < -0.39 is 10.0 Å². The van der Waals surface area contributed by atoms with Crippen LogP contribution in [0.4, 0.5) is 0 Å². The minimum atomic E-state index is -3.58. The second-order valence-electron chi connectivity index (χ2n) is 5.16. The minimum Gasteiger partial charge on any atom is -0.351 e. The molecule has 5 nitrogen and oxygen atoms in total. The average molecular weight is 367 g/mol. The summed E-state index contributed by atoms with van der Waals surface area (Å²) in [4.78, 5) is 12.1. The number of sulfonamides is 1. The first kappa shape index (κ1) is 18.4. The van der Waals surface area contributed by atoms with E-state index in [1.54, 1.807) is 48.5 Å². The van der Waals surface area contributed by atoms with E-state index in [0.29, 0.717) is 10.6 Å². The molecule has 0 saturated heterocycles. The zero-order chi connectivity index (χ0) is 17.6. The fourth-order valence-electron chi connectivity index (χ4n) is 2.08. The van der Waals surface area contributed by atoms with Crippen molar-refractivity contribution in [3.8, 4) is 0 Å². The van der Waals surface area contributed by atoms with Gasteiger partial charge in [-0.25, -0.2) is 13.1 Å². The predicted octanol–water partition coefficient (Wildman–Crippen LogP) is 2.61. The molecule has 2 aromatic rings. The normalized spacial score (nSPS) is 11.2. The van der Waals surface area contributed by atoms with Gasteiger partial charge in [-0.05, 0) is 42.3 Å². The molecule has 0 aliphatic heterocycles. The molecule has 128 valence electrons. The molecule has 0 bridgehead atoms. The van der Waals surface area contributed by atoms with Gasteiger partial charge in [0, 0.05) is 23.7 Å². The van der Waals surface area contributed by atoms with Crippen LogP contribution in [-0.4, -0.2) is 27.4 Å². The molecule has 0 aliphatic rings. The molecule has 0 fully saturated rings. The minimum absolute atomic E-state index is 0.101. The third-order valence-corrected chi connectivity index (χ3v) is 5.14. The number of rotatable bonds is 7. The number of benzene rings is 2. The number of halogens is 1. The lowest BCUT2D eigenvalue weighted by Gasteiger charge is -2.09. The molecule has 0 saturated carbocycles. The van der Waals surface area contributed by atoms with Crippen molar-refractivity contribution < 1.29 is 13.2 Å². The first-order valence-electron chi connectivity index (χ1n) is 7.55. The maximum atomic E-state index is 12.1. The molecule has 7 heteroatoms. The number of carbonyl (C=O) groups is 1. The van der Waals surface area contributed by atoms with Gasteiger partial charge in [-0.3, -0.25) is 4.79 Å². The van der Waals surface area contributed by atoms with Crippen LogP contribution >= 0.6 is 11.6 Å². The summed E-state index contributed by atoms with van der Waals surface area (Å²) in [5.74, 6) is -0.302. The molecule has 2 aromatic carbocycles. The van der Waals surface area contributed by atoms with E-state index in [1.807, 2.05) is 6.92 Å². The Morgan fingerprint density at radius 2 is 1.79 bits per heavy atom. The average Bonchev–Trinajstić information content (AvgIpc) is 2.58. The van der Waals surface area contributed by atoms with E-state index in [9.17, 15) is 13.2 Å². The van der Waals surface area contributed by atoms with Crippen molar-refractivity contribution in [2.24, 2.45) is 0 Å². The lowest BCUT2D eigenvalue weighted by Crippen LogP contribution is -2.34. The largest absolute Gasteiger partial charge is 0.351 e. The Hall–Kier alpha value is -1.89. The molecular weight excluding hydrogens is 348 g/mol. The van der Waals surface area contributed by atoms with E-state index in [2.05, 4.69) is 10.0 Å². The Morgan fingerprint density at radius 3 is 2.42 bits per heavy atom. The second-order valence-corrected chi connectivity index (χ2v) is 7.36. The summed E-state index contributed by atoms with van der Waals surface area (Å²) < 4.78 is 26.8. The quantitative estimate of drug-likeness (QED) is 0.739. The number of aryl methyl sites for hydroxylation is 1. The van der Waals surface area contributed by atoms with Crippen LogP contribution in [0.15, 0.2) is 53.4 Å². The van der Waals surface area contributed by atoms with Crippen molar-refractivity contribution in [2.45, 2.75) is 18.2 Å². The summed E-state index contributed by atoms with van der Waals surface area (Å²) in [5, 5.41) is 3.12. The Balaban J connectivity index is 1.85. The van der Waals surface area contributed by atoms with Crippen LogP contribution in [0.25, 0.3) is 0 Å². The van der Waals surface area contributed by atoms with Crippen LogP contribution in [0.1, 0.15) is 22.8 Å². The molecule has 0 aromatic heterocycles. The highest BCUT2D eigenvalue weighted by Gasteiger charge is 2.13. The highest BCUT2D eigenvalue weighted by Crippen LogP contribution is 2.11. The van der Waals surface area contributed by atoms with Gasteiger partial charge in [0.05, 0.1) is 4.90 Å². The highest BCUT2D eigenvalue weighted by molar-refractivity contribution is 7.89. The first-order chi connectivity index (χ1) is 11.4. The Kier molecular flexibility index (Phi) is 6.36. The van der Waals surface area contributed by atoms with Crippen LogP contribution in [0.3, 0.4) is 0 Å². The van der Waals surface area contributed by atoms with Crippen LogP contribution < -0.4 is 10.0 Å². The lowest BCUT2D eigenvalue weighted by atomic mass is 10.2. The van der Waals surface area contributed by atoms with Gasteiger partial charge >= 0.3 is 0 Å². The van der Waals surface area contributed by atoms with E-state index in [1.165, 1.54) is 0 Å². The standard InChI is InChI=1S/C17H19ClN2O3S/c1-2-13-6-8-16(9-7-13)24(22,23)20-11-10-19-17(21)14-4-3-5-15(18)12-14/h3-9,12,20H,2,10-11H2,1H3,(H,19,21). The van der Waals surface area contributed by atoms with Gasteiger partial charge in [0.15, 0.2) is 0 Å². The molecule has 24 heavy (non-hydrogen) atoms. The summed E-state index contributed by atoms with van der Waals surface area (Å²) in [6.45, 7) is 2.28. The van der Waals surface area contributed by atoms with Crippen molar-refractivity contribution in [1.82, 2.24) is 10.0 Å². The summed E-state index contributed by atoms with van der Waals surface area (Å²) in [7, 11) is -3.58. The summed E-state index contributed by atoms with van der Waals surface area (Å²) in [6.07, 6.45) is 0.850. The fourth-order valence-corrected chi connectivity index (χ4v) is 3.30. The molecule has 2 rings (SSSR count). The molecule has 1 amide bonds. The fraction of sp³-hybridized carbons (Fsp3) is 0.235. The highest BCUT2D eigenvalue weighted by atomic mass is 35.5. The SMILES string of the molecule is CCc1ccc(S(=O)(=O)NCCNC(=O)c2cccc(Cl)c2)cc1. The van der Waals surface area contributed by atoms with Crippen LogP contribution in [-0.2, 0) is 16.4 Å². The molecule has 0 radical (unpaired) electrons. The van der Waals surface area contributed by atoms with Gasteiger partial charge in [-0.2, -0.15) is 0 Å². The van der Waals surface area contributed by atoms with Crippen molar-refractivity contribution in [3.63, 3.8) is 0 Å². The zero-order valence-electron chi connectivity index (χ0n) is 13.3. The van der Waals surface area contributed by atoms with Crippen molar-refractivity contribution in [2.75, 3.05) is 13.1 Å². The summed E-state index contributed by atoms with van der Waals surface area (Å²) >= 11 is 5.83. The summed E-state index contributed by atoms with van der Waals surface area (Å²) in [5.41, 5.74) is 1.50. The van der Waals surface area contributed by atoms with Gasteiger partial charge in [-0.1, -0.05) is 36.7 Å². The molecule has 0 atom stereocenters. The molecule has 0 spiro atoms. The maximum absolute atomic E-state index is 12.1. The number of amides is 1. The number of carbonyl (C=O) groups excluding carboxylic acids is 1. The van der Waals surface area contributed by atoms with E-state index in [-0.39, 0.29) is 23.9 Å². The topological polar surface area (TPSA) is 75.3 Å². The third kappa shape index (κ3) is 5.06. The van der Waals surface area contributed by atoms with Crippen LogP contribution in [0, 0.1) is 0 Å². The van der Waals surface area contributed by atoms with Gasteiger partial charge in [0.25, 0.3) is 5.91 Å². The molecule has 0 unspecified atom stereocenters. The van der Waals surface area contributed by atoms with Crippen molar-refractivity contribution >= 4 is 27.5 Å². The molecular formula is C17H19ClN2O3S. The summed E-state index contributed by atoms with van der Waals surface area (Å²) in [6, 6.07) is 13.3. The number of hydrogen-bond acceptors (Lipinski definition) is 3. The maximum Gasteiger partial charge on any atom is 0.251 e. The van der Waals surface area contributed by atoms with Gasteiger partial charge in [0.1, 0.15) is 0 Å². The second kappa shape index (κ2) is 8.28. The molecule has 0 aliphatic carbocycles. The number of hydrogen-bond donors (Lipinski definition) is 2. The Labute approximate surface area is 147 Å². The first-order valence-corrected chi connectivity index (χ1v) is 9.41. The smallest absolute Gasteiger partial charge is 0.251 e. The Bertz CT molecular complexity index is 805.